The summed E-state index contributed by atoms with van der Waals surface area (Å²) in [7, 11) is 1.48. The Kier molecular flexibility index (Phi) is 6.47. The second-order valence-electron chi connectivity index (χ2n) is 5.84. The number of nitrogens with one attached hydrogen (secondary N) is 1. The Morgan fingerprint density at radius 3 is 2.59 bits per heavy atom. The Morgan fingerprint density at radius 2 is 2.00 bits per heavy atom. The summed E-state index contributed by atoms with van der Waals surface area (Å²) in [6.45, 7) is 1.95. The summed E-state index contributed by atoms with van der Waals surface area (Å²) in [6, 6.07) is 6.91. The van der Waals surface area contributed by atoms with E-state index >= 15 is 0 Å². The van der Waals surface area contributed by atoms with E-state index in [1.165, 1.54) is 18.7 Å². The molecule has 0 aliphatic heterocycles. The van der Waals surface area contributed by atoms with Crippen molar-refractivity contribution >= 4 is 17.6 Å². The fourth-order valence-corrected chi connectivity index (χ4v) is 2.50. The number of carboxylic acid groups (broad SMARTS) is 1. The van der Waals surface area contributed by atoms with E-state index in [1.54, 1.807) is 24.3 Å². The van der Waals surface area contributed by atoms with Gasteiger partial charge in [-0.15, -0.1) is 0 Å². The number of carboxylic acids is 1. The molecular formula is C17H20N4O6. The van der Waals surface area contributed by atoms with Gasteiger partial charge in [-0.1, -0.05) is 12.1 Å². The predicted molar refractivity (Wildman–Crippen MR) is 94.6 cm³/mol. The number of amides is 1. The number of aryl methyl sites for hydroxylation is 2. The SMILES string of the molecule is Cc1nn(C)c(C(=O)NCc2ccc(OCCCC(=O)O)cc2)c1[N+](=O)[O-]. The van der Waals surface area contributed by atoms with Gasteiger partial charge in [0.15, 0.2) is 0 Å². The summed E-state index contributed by atoms with van der Waals surface area (Å²) in [5.41, 5.74) is 0.552. The van der Waals surface area contributed by atoms with Crippen molar-refractivity contribution in [1.82, 2.24) is 15.1 Å². The minimum absolute atomic E-state index is 0.0454. The summed E-state index contributed by atoms with van der Waals surface area (Å²) < 4.78 is 6.62. The number of rotatable bonds is 9. The standard InChI is InChI=1S/C17H20N4O6/c1-11-15(21(25)26)16(20(2)19-11)17(24)18-10-12-5-7-13(8-6-12)27-9-3-4-14(22)23/h5-8H,3-4,9-10H2,1-2H3,(H,18,24)(H,22,23). The summed E-state index contributed by atoms with van der Waals surface area (Å²) in [6.07, 6.45) is 0.458. The van der Waals surface area contributed by atoms with Gasteiger partial charge >= 0.3 is 11.7 Å². The molecule has 0 saturated heterocycles. The normalized spacial score (nSPS) is 10.4. The molecule has 0 atom stereocenters. The van der Waals surface area contributed by atoms with Crippen LogP contribution in [-0.2, 0) is 18.4 Å². The van der Waals surface area contributed by atoms with Crippen LogP contribution in [0.2, 0.25) is 0 Å². The molecule has 27 heavy (non-hydrogen) atoms. The molecule has 10 heteroatoms. The molecule has 0 aliphatic rings. The molecule has 0 bridgehead atoms. The summed E-state index contributed by atoms with van der Waals surface area (Å²) in [5, 5.41) is 26.3. The van der Waals surface area contributed by atoms with Gasteiger partial charge in [0.1, 0.15) is 11.4 Å². The average Bonchev–Trinajstić information content (AvgIpc) is 2.91. The average molecular weight is 376 g/mol. The molecule has 1 aromatic heterocycles. The molecule has 1 heterocycles. The Balaban J connectivity index is 1.92. The first kappa shape index (κ1) is 19.9. The number of carbonyl (C=O) groups is 2. The fourth-order valence-electron chi connectivity index (χ4n) is 2.50. The predicted octanol–water partition coefficient (Wildman–Crippen LogP) is 1.81. The van der Waals surface area contributed by atoms with Gasteiger partial charge in [-0.25, -0.2) is 0 Å². The van der Waals surface area contributed by atoms with Crippen LogP contribution in [0, 0.1) is 17.0 Å². The van der Waals surface area contributed by atoms with Crippen LogP contribution in [0.3, 0.4) is 0 Å². The molecule has 0 unspecified atom stereocenters. The number of hydrogen-bond donors (Lipinski definition) is 2. The molecule has 2 N–H and O–H groups in total. The maximum atomic E-state index is 12.3. The number of hydrogen-bond acceptors (Lipinski definition) is 6. The van der Waals surface area contributed by atoms with E-state index in [-0.39, 0.29) is 30.0 Å². The molecule has 0 aliphatic carbocycles. The summed E-state index contributed by atoms with van der Waals surface area (Å²) in [5.74, 6) is -0.860. The first-order valence-electron chi connectivity index (χ1n) is 8.19. The lowest BCUT2D eigenvalue weighted by atomic mass is 10.2. The number of nitro groups is 1. The van der Waals surface area contributed by atoms with Crippen LogP contribution in [0.15, 0.2) is 24.3 Å². The Bertz CT molecular complexity index is 844. The van der Waals surface area contributed by atoms with E-state index in [0.29, 0.717) is 18.8 Å². The highest BCUT2D eigenvalue weighted by atomic mass is 16.6. The second kappa shape index (κ2) is 8.79. The zero-order valence-electron chi connectivity index (χ0n) is 15.0. The number of nitrogens with zero attached hydrogens (tertiary/aromatic N) is 3. The van der Waals surface area contributed by atoms with Crippen LogP contribution >= 0.6 is 0 Å². The van der Waals surface area contributed by atoms with Crippen LogP contribution < -0.4 is 10.1 Å². The van der Waals surface area contributed by atoms with Gasteiger partial charge in [0.2, 0.25) is 5.69 Å². The Labute approximate surface area is 154 Å². The molecule has 0 spiro atoms. The third kappa shape index (κ3) is 5.27. The van der Waals surface area contributed by atoms with E-state index < -0.39 is 16.8 Å². The van der Waals surface area contributed by atoms with Gasteiger partial charge in [0.25, 0.3) is 5.91 Å². The molecule has 0 fully saturated rings. The molecule has 2 aromatic rings. The number of aliphatic carboxylic acids is 1. The largest absolute Gasteiger partial charge is 0.494 e. The lowest BCUT2D eigenvalue weighted by Crippen LogP contribution is -2.26. The van der Waals surface area contributed by atoms with E-state index in [2.05, 4.69) is 10.4 Å². The van der Waals surface area contributed by atoms with Crippen LogP contribution in [0.4, 0.5) is 5.69 Å². The molecule has 144 valence electrons. The lowest BCUT2D eigenvalue weighted by molar-refractivity contribution is -0.385. The van der Waals surface area contributed by atoms with Crippen LogP contribution in [0.5, 0.6) is 5.75 Å². The highest BCUT2D eigenvalue weighted by molar-refractivity contribution is 5.96. The Morgan fingerprint density at radius 1 is 1.33 bits per heavy atom. The van der Waals surface area contributed by atoms with Crippen LogP contribution in [0.1, 0.15) is 34.6 Å². The van der Waals surface area contributed by atoms with E-state index in [0.717, 1.165) is 5.56 Å². The molecule has 10 nitrogen and oxygen atoms in total. The van der Waals surface area contributed by atoms with Gasteiger partial charge in [-0.3, -0.25) is 24.4 Å². The van der Waals surface area contributed by atoms with E-state index in [9.17, 15) is 19.7 Å². The minimum Gasteiger partial charge on any atom is -0.494 e. The van der Waals surface area contributed by atoms with Gasteiger partial charge in [0.05, 0.1) is 11.5 Å². The van der Waals surface area contributed by atoms with Crippen molar-refractivity contribution in [3.8, 4) is 5.75 Å². The highest BCUT2D eigenvalue weighted by Gasteiger charge is 2.28. The van der Waals surface area contributed by atoms with E-state index in [1.807, 2.05) is 0 Å². The minimum atomic E-state index is -0.867. The van der Waals surface area contributed by atoms with Gasteiger partial charge in [0, 0.05) is 20.0 Å². The second-order valence-corrected chi connectivity index (χ2v) is 5.84. The number of aromatic nitrogens is 2. The van der Waals surface area contributed by atoms with Gasteiger partial charge < -0.3 is 15.2 Å². The number of carbonyl (C=O) groups excluding carboxylic acids is 1. The quantitative estimate of drug-likeness (QED) is 0.387. The van der Waals surface area contributed by atoms with Crippen molar-refractivity contribution in [1.29, 1.82) is 0 Å². The van der Waals surface area contributed by atoms with Crippen LogP contribution in [-0.4, -0.2) is 38.3 Å². The number of ether oxygens (including phenoxy) is 1. The maximum absolute atomic E-state index is 12.3. The monoisotopic (exact) mass is 376 g/mol. The van der Waals surface area contributed by atoms with Crippen molar-refractivity contribution in [2.75, 3.05) is 6.61 Å². The molecule has 2 rings (SSSR count). The zero-order chi connectivity index (χ0) is 20.0. The Hall–Kier alpha value is -3.43. The van der Waals surface area contributed by atoms with Crippen molar-refractivity contribution in [2.45, 2.75) is 26.3 Å². The van der Waals surface area contributed by atoms with Crippen molar-refractivity contribution in [3.05, 3.63) is 51.3 Å². The summed E-state index contributed by atoms with van der Waals surface area (Å²) in [4.78, 5) is 33.3. The molecule has 0 saturated carbocycles. The lowest BCUT2D eigenvalue weighted by Gasteiger charge is -2.08. The topological polar surface area (TPSA) is 137 Å². The zero-order valence-corrected chi connectivity index (χ0v) is 15.0. The van der Waals surface area contributed by atoms with Gasteiger partial charge in [-0.2, -0.15) is 5.10 Å². The molecule has 1 amide bonds. The summed E-state index contributed by atoms with van der Waals surface area (Å²) >= 11 is 0. The van der Waals surface area contributed by atoms with Crippen molar-refractivity contribution < 1.29 is 24.4 Å². The van der Waals surface area contributed by atoms with Crippen molar-refractivity contribution in [3.63, 3.8) is 0 Å². The maximum Gasteiger partial charge on any atom is 0.322 e. The fraction of sp³-hybridized carbons (Fsp3) is 0.353. The molecule has 0 radical (unpaired) electrons. The number of benzene rings is 1. The third-order valence-electron chi connectivity index (χ3n) is 3.77. The van der Waals surface area contributed by atoms with Crippen LogP contribution in [0.25, 0.3) is 0 Å². The first-order chi connectivity index (χ1) is 12.8. The molecular weight excluding hydrogens is 356 g/mol. The van der Waals surface area contributed by atoms with E-state index in [4.69, 9.17) is 9.84 Å². The smallest absolute Gasteiger partial charge is 0.322 e. The third-order valence-corrected chi connectivity index (χ3v) is 3.77. The van der Waals surface area contributed by atoms with Crippen molar-refractivity contribution in [2.24, 2.45) is 7.05 Å². The first-order valence-corrected chi connectivity index (χ1v) is 8.19. The highest BCUT2D eigenvalue weighted by Crippen LogP contribution is 2.22. The van der Waals surface area contributed by atoms with Gasteiger partial charge in [-0.05, 0) is 31.0 Å². The molecule has 1 aromatic carbocycles.